The van der Waals surface area contributed by atoms with Crippen molar-refractivity contribution < 1.29 is 18.7 Å². The van der Waals surface area contributed by atoms with E-state index in [9.17, 15) is 4.79 Å². The number of carbonyl (C=O) groups is 1. The molecule has 0 aliphatic heterocycles. The summed E-state index contributed by atoms with van der Waals surface area (Å²) in [5.74, 6) is 1.16. The summed E-state index contributed by atoms with van der Waals surface area (Å²) < 4.78 is 17.3. The number of carbonyl (C=O) groups excluding carboxylic acids is 1. The summed E-state index contributed by atoms with van der Waals surface area (Å²) in [6.45, 7) is 5.60. The fourth-order valence-electron chi connectivity index (χ4n) is 4.60. The molecule has 5 rings (SSSR count). The number of nitrogens with one attached hydrogen (secondary N) is 1. The van der Waals surface area contributed by atoms with Crippen molar-refractivity contribution in [3.8, 4) is 28.3 Å². The third-order valence-electron chi connectivity index (χ3n) is 6.36. The molecule has 7 nitrogen and oxygen atoms in total. The van der Waals surface area contributed by atoms with Crippen LogP contribution in [0.15, 0.2) is 65.3 Å². The van der Waals surface area contributed by atoms with E-state index in [1.807, 2.05) is 63.2 Å². The Morgan fingerprint density at radius 2 is 1.71 bits per heavy atom. The maximum atomic E-state index is 12.5. The minimum Gasteiger partial charge on any atom is -0.480 e. The molecular formula is C28H29N3O4. The van der Waals surface area contributed by atoms with E-state index in [0.717, 1.165) is 46.9 Å². The standard InChI is InChI=1S/C28H29N3O4/c1-27(2,3)35-26(32)31-28(15-8-16-28)20-13-11-19(12-14-20)23-21(18-9-6-5-7-10-18)22-24(33-4)29-17-30-25(22)34-23/h5-7,9-14,17H,8,15-16H2,1-4H3,(H,31,32). The van der Waals surface area contributed by atoms with Crippen molar-refractivity contribution in [1.29, 1.82) is 0 Å². The van der Waals surface area contributed by atoms with Gasteiger partial charge in [-0.05, 0) is 51.2 Å². The smallest absolute Gasteiger partial charge is 0.408 e. The minimum absolute atomic E-state index is 0.393. The van der Waals surface area contributed by atoms with Crippen molar-refractivity contribution >= 4 is 17.2 Å². The highest BCUT2D eigenvalue weighted by atomic mass is 16.6. The van der Waals surface area contributed by atoms with Gasteiger partial charge in [0.2, 0.25) is 11.6 Å². The Morgan fingerprint density at radius 1 is 1.00 bits per heavy atom. The molecule has 0 radical (unpaired) electrons. The molecule has 0 bridgehead atoms. The highest BCUT2D eigenvalue weighted by Gasteiger charge is 2.41. The van der Waals surface area contributed by atoms with Crippen LogP contribution in [0.5, 0.6) is 5.88 Å². The quantitative estimate of drug-likeness (QED) is 0.359. The Morgan fingerprint density at radius 3 is 2.31 bits per heavy atom. The van der Waals surface area contributed by atoms with Crippen LogP contribution in [0.25, 0.3) is 33.6 Å². The molecule has 1 fully saturated rings. The number of hydrogen-bond donors (Lipinski definition) is 1. The van der Waals surface area contributed by atoms with E-state index in [1.165, 1.54) is 6.33 Å². The van der Waals surface area contributed by atoms with Gasteiger partial charge in [-0.1, -0.05) is 54.6 Å². The maximum Gasteiger partial charge on any atom is 0.408 e. The molecule has 2 aromatic carbocycles. The molecular weight excluding hydrogens is 442 g/mol. The number of fused-ring (bicyclic) bond motifs is 1. The Balaban J connectivity index is 1.54. The number of benzene rings is 2. The van der Waals surface area contributed by atoms with Gasteiger partial charge in [0.05, 0.1) is 12.6 Å². The van der Waals surface area contributed by atoms with Crippen LogP contribution in [0.2, 0.25) is 0 Å². The van der Waals surface area contributed by atoms with Crippen LogP contribution in [-0.2, 0) is 10.3 Å². The predicted molar refractivity (Wildman–Crippen MR) is 134 cm³/mol. The molecule has 0 saturated heterocycles. The first kappa shape index (κ1) is 22.9. The van der Waals surface area contributed by atoms with Gasteiger partial charge in [0.25, 0.3) is 0 Å². The summed E-state index contributed by atoms with van der Waals surface area (Å²) in [4.78, 5) is 21.2. The van der Waals surface area contributed by atoms with Gasteiger partial charge in [-0.25, -0.2) is 14.8 Å². The first-order chi connectivity index (χ1) is 16.8. The number of amides is 1. The number of alkyl carbamates (subject to hydrolysis) is 1. The second-order valence-electron chi connectivity index (χ2n) is 9.88. The Labute approximate surface area is 204 Å². The van der Waals surface area contributed by atoms with E-state index >= 15 is 0 Å². The lowest BCUT2D eigenvalue weighted by atomic mass is 9.71. The highest BCUT2D eigenvalue weighted by Crippen LogP contribution is 2.45. The van der Waals surface area contributed by atoms with E-state index < -0.39 is 17.2 Å². The molecule has 0 spiro atoms. The molecule has 0 unspecified atom stereocenters. The number of nitrogens with zero attached hydrogens (tertiary/aromatic N) is 2. The molecule has 1 N–H and O–H groups in total. The fourth-order valence-corrected chi connectivity index (χ4v) is 4.60. The average molecular weight is 472 g/mol. The summed E-state index contributed by atoms with van der Waals surface area (Å²) in [5, 5.41) is 3.85. The van der Waals surface area contributed by atoms with Gasteiger partial charge < -0.3 is 19.2 Å². The van der Waals surface area contributed by atoms with Gasteiger partial charge in [0.1, 0.15) is 23.1 Å². The molecule has 180 valence electrons. The number of aromatic nitrogens is 2. The minimum atomic E-state index is -0.544. The normalized spacial score (nSPS) is 14.9. The Bertz CT molecular complexity index is 1350. The van der Waals surface area contributed by atoms with Crippen LogP contribution in [0.1, 0.15) is 45.6 Å². The fraction of sp³-hybridized carbons (Fsp3) is 0.321. The molecule has 0 atom stereocenters. The maximum absolute atomic E-state index is 12.5. The monoisotopic (exact) mass is 471 g/mol. The molecule has 35 heavy (non-hydrogen) atoms. The molecule has 1 amide bonds. The van der Waals surface area contributed by atoms with Gasteiger partial charge in [-0.2, -0.15) is 0 Å². The number of methoxy groups -OCH3 is 1. The summed E-state index contributed by atoms with van der Waals surface area (Å²) >= 11 is 0. The third-order valence-corrected chi connectivity index (χ3v) is 6.36. The van der Waals surface area contributed by atoms with E-state index in [1.54, 1.807) is 7.11 Å². The van der Waals surface area contributed by atoms with Gasteiger partial charge in [-0.3, -0.25) is 0 Å². The van der Waals surface area contributed by atoms with E-state index in [-0.39, 0.29) is 0 Å². The van der Waals surface area contributed by atoms with Crippen molar-refractivity contribution in [3.05, 3.63) is 66.5 Å². The molecule has 1 aliphatic carbocycles. The molecule has 7 heteroatoms. The second kappa shape index (κ2) is 8.73. The van der Waals surface area contributed by atoms with Crippen molar-refractivity contribution in [1.82, 2.24) is 15.3 Å². The third kappa shape index (κ3) is 4.34. The number of hydrogen-bond acceptors (Lipinski definition) is 6. The average Bonchev–Trinajstić information content (AvgIpc) is 3.21. The van der Waals surface area contributed by atoms with Crippen LogP contribution in [0, 0.1) is 0 Å². The van der Waals surface area contributed by atoms with Crippen LogP contribution < -0.4 is 10.1 Å². The van der Waals surface area contributed by atoms with Crippen molar-refractivity contribution in [2.75, 3.05) is 7.11 Å². The van der Waals surface area contributed by atoms with Crippen LogP contribution in [0.4, 0.5) is 4.79 Å². The molecule has 1 saturated carbocycles. The van der Waals surface area contributed by atoms with E-state index in [2.05, 4.69) is 27.4 Å². The molecule has 4 aromatic rings. The van der Waals surface area contributed by atoms with Gasteiger partial charge in [0, 0.05) is 11.1 Å². The Kier molecular flexibility index (Phi) is 5.71. The first-order valence-electron chi connectivity index (χ1n) is 11.8. The van der Waals surface area contributed by atoms with Crippen molar-refractivity contribution in [2.45, 2.75) is 51.2 Å². The van der Waals surface area contributed by atoms with Gasteiger partial charge in [-0.15, -0.1) is 0 Å². The Hall–Kier alpha value is -3.87. The van der Waals surface area contributed by atoms with Crippen molar-refractivity contribution in [2.24, 2.45) is 0 Å². The number of furan rings is 1. The topological polar surface area (TPSA) is 86.5 Å². The number of ether oxygens (including phenoxy) is 2. The lowest BCUT2D eigenvalue weighted by Crippen LogP contribution is -2.52. The van der Waals surface area contributed by atoms with Crippen LogP contribution in [0.3, 0.4) is 0 Å². The first-order valence-corrected chi connectivity index (χ1v) is 11.8. The van der Waals surface area contributed by atoms with Gasteiger partial charge in [0.15, 0.2) is 0 Å². The summed E-state index contributed by atoms with van der Waals surface area (Å²) in [6, 6.07) is 18.2. The summed E-state index contributed by atoms with van der Waals surface area (Å²) in [5.41, 5.74) is 3.34. The summed E-state index contributed by atoms with van der Waals surface area (Å²) in [6.07, 6.45) is 3.85. The molecule has 2 aromatic heterocycles. The largest absolute Gasteiger partial charge is 0.480 e. The van der Waals surface area contributed by atoms with Crippen molar-refractivity contribution in [3.63, 3.8) is 0 Å². The zero-order chi connectivity index (χ0) is 24.6. The summed E-state index contributed by atoms with van der Waals surface area (Å²) in [7, 11) is 1.59. The number of rotatable bonds is 5. The SMILES string of the molecule is COc1ncnc2oc(-c3ccc(C4(NC(=O)OC(C)(C)C)CCC4)cc3)c(-c3ccccc3)c12. The van der Waals surface area contributed by atoms with E-state index in [0.29, 0.717) is 17.4 Å². The molecule has 2 heterocycles. The predicted octanol–water partition coefficient (Wildman–Crippen LogP) is 6.47. The molecule has 1 aliphatic rings. The zero-order valence-electron chi connectivity index (χ0n) is 20.4. The highest BCUT2D eigenvalue weighted by molar-refractivity contribution is 6.03. The van der Waals surface area contributed by atoms with Crippen LogP contribution >= 0.6 is 0 Å². The van der Waals surface area contributed by atoms with E-state index in [4.69, 9.17) is 13.9 Å². The van der Waals surface area contributed by atoms with Gasteiger partial charge >= 0.3 is 6.09 Å². The lowest BCUT2D eigenvalue weighted by molar-refractivity contribution is 0.0377. The second-order valence-corrected chi connectivity index (χ2v) is 9.88. The lowest BCUT2D eigenvalue weighted by Gasteiger charge is -2.43. The zero-order valence-corrected chi connectivity index (χ0v) is 20.4. The van der Waals surface area contributed by atoms with Crippen LogP contribution in [-0.4, -0.2) is 28.8 Å².